The Kier molecular flexibility index (Phi) is 6.82. The first-order valence-corrected chi connectivity index (χ1v) is 11.0. The summed E-state index contributed by atoms with van der Waals surface area (Å²) in [5, 5.41) is 14.2. The first kappa shape index (κ1) is 21.0. The molecule has 2 aromatic rings. The number of carbonyl (C=O) groups is 1. The van der Waals surface area contributed by atoms with Crippen LogP contribution in [0.25, 0.3) is 0 Å². The summed E-state index contributed by atoms with van der Waals surface area (Å²) in [4.78, 5) is 14.4. The summed E-state index contributed by atoms with van der Waals surface area (Å²) in [6, 6.07) is 18.2. The summed E-state index contributed by atoms with van der Waals surface area (Å²) < 4.78 is 5.64. The Hall–Kier alpha value is -2.21. The van der Waals surface area contributed by atoms with Crippen LogP contribution in [0.4, 0.5) is 0 Å². The van der Waals surface area contributed by atoms with Gasteiger partial charge < -0.3 is 20.1 Å². The molecular formula is C25H32N2O3. The molecule has 1 unspecified atom stereocenters. The molecule has 2 aliphatic heterocycles. The van der Waals surface area contributed by atoms with E-state index < -0.39 is 6.10 Å². The van der Waals surface area contributed by atoms with Crippen LogP contribution in [0.3, 0.4) is 0 Å². The lowest BCUT2D eigenvalue weighted by atomic mass is 10.0. The minimum Gasteiger partial charge on any atom is -0.387 e. The van der Waals surface area contributed by atoms with Crippen molar-refractivity contribution in [3.8, 4) is 0 Å². The third-order valence-electron chi connectivity index (χ3n) is 6.33. The number of carbonyl (C=O) groups excluding carboxylic acids is 1. The molecule has 0 radical (unpaired) electrons. The van der Waals surface area contributed by atoms with Crippen molar-refractivity contribution in [1.29, 1.82) is 0 Å². The Labute approximate surface area is 179 Å². The first-order chi connectivity index (χ1) is 14.6. The predicted octanol–water partition coefficient (Wildman–Crippen LogP) is 3.33. The molecule has 2 N–H and O–H groups in total. The molecule has 0 aromatic heterocycles. The summed E-state index contributed by atoms with van der Waals surface area (Å²) in [6.45, 7) is 1.46. The molecule has 160 valence electrons. The maximum absolute atomic E-state index is 12.7. The summed E-state index contributed by atoms with van der Waals surface area (Å²) in [7, 11) is 1.85. The third-order valence-corrected chi connectivity index (χ3v) is 6.33. The number of nitrogens with one attached hydrogen (secondary N) is 1. The molecule has 0 bridgehead atoms. The Balaban J connectivity index is 1.29. The Bertz CT molecular complexity index is 818. The van der Waals surface area contributed by atoms with E-state index in [1.165, 1.54) is 5.56 Å². The number of benzene rings is 2. The van der Waals surface area contributed by atoms with Gasteiger partial charge in [-0.3, -0.25) is 4.79 Å². The molecule has 5 nitrogen and oxygen atoms in total. The van der Waals surface area contributed by atoms with E-state index in [1.807, 2.05) is 49.5 Å². The Morgan fingerprint density at radius 2 is 1.90 bits per heavy atom. The van der Waals surface area contributed by atoms with Crippen LogP contribution in [0.1, 0.15) is 53.3 Å². The second-order valence-electron chi connectivity index (χ2n) is 8.62. The topological polar surface area (TPSA) is 61.8 Å². The zero-order valence-corrected chi connectivity index (χ0v) is 17.7. The normalized spacial score (nSPS) is 24.7. The molecule has 2 aromatic carbocycles. The molecule has 0 aliphatic carbocycles. The van der Waals surface area contributed by atoms with E-state index in [0.717, 1.165) is 49.8 Å². The van der Waals surface area contributed by atoms with Gasteiger partial charge in [-0.1, -0.05) is 42.5 Å². The molecule has 2 heterocycles. The van der Waals surface area contributed by atoms with Crippen LogP contribution in [0.5, 0.6) is 0 Å². The number of ether oxygens (including phenoxy) is 1. The lowest BCUT2D eigenvalue weighted by Gasteiger charge is -2.21. The molecule has 1 amide bonds. The number of hydrogen-bond donors (Lipinski definition) is 2. The van der Waals surface area contributed by atoms with Crippen molar-refractivity contribution in [2.24, 2.45) is 0 Å². The van der Waals surface area contributed by atoms with Crippen molar-refractivity contribution in [3.63, 3.8) is 0 Å². The number of amides is 1. The van der Waals surface area contributed by atoms with Gasteiger partial charge in [-0.05, 0) is 55.4 Å². The van der Waals surface area contributed by atoms with Crippen LogP contribution < -0.4 is 5.32 Å². The fourth-order valence-electron chi connectivity index (χ4n) is 4.61. The molecule has 2 aliphatic rings. The van der Waals surface area contributed by atoms with Crippen LogP contribution in [-0.4, -0.2) is 54.3 Å². The molecular weight excluding hydrogens is 376 g/mol. The van der Waals surface area contributed by atoms with E-state index >= 15 is 0 Å². The lowest BCUT2D eigenvalue weighted by Crippen LogP contribution is -2.35. The molecule has 4 atom stereocenters. The van der Waals surface area contributed by atoms with Crippen LogP contribution in [0, 0.1) is 0 Å². The number of rotatable bonds is 7. The highest BCUT2D eigenvalue weighted by Gasteiger charge is 2.30. The number of hydrogen-bond acceptors (Lipinski definition) is 4. The van der Waals surface area contributed by atoms with Gasteiger partial charge in [0.05, 0.1) is 12.2 Å². The van der Waals surface area contributed by atoms with E-state index in [4.69, 9.17) is 4.74 Å². The molecule has 4 rings (SSSR count). The van der Waals surface area contributed by atoms with E-state index in [2.05, 4.69) is 17.4 Å². The summed E-state index contributed by atoms with van der Waals surface area (Å²) in [5.74, 6) is 0.0436. The number of aliphatic hydroxyl groups excluding tert-OH is 1. The van der Waals surface area contributed by atoms with Crippen molar-refractivity contribution >= 4 is 5.91 Å². The zero-order chi connectivity index (χ0) is 20.9. The van der Waals surface area contributed by atoms with Crippen molar-refractivity contribution < 1.29 is 14.6 Å². The quantitative estimate of drug-likeness (QED) is 0.738. The van der Waals surface area contributed by atoms with Gasteiger partial charge in [-0.25, -0.2) is 0 Å². The molecule has 0 saturated carbocycles. The molecule has 0 spiro atoms. The van der Waals surface area contributed by atoms with Gasteiger partial charge in [0.15, 0.2) is 0 Å². The van der Waals surface area contributed by atoms with Gasteiger partial charge in [0.25, 0.3) is 5.91 Å². The van der Waals surface area contributed by atoms with Gasteiger partial charge >= 0.3 is 0 Å². The summed E-state index contributed by atoms with van der Waals surface area (Å²) in [6.07, 6.45) is 4.72. The lowest BCUT2D eigenvalue weighted by molar-refractivity contribution is 0.0587. The molecule has 2 fully saturated rings. The van der Waals surface area contributed by atoms with Crippen molar-refractivity contribution in [3.05, 3.63) is 71.3 Å². The second kappa shape index (κ2) is 9.73. The first-order valence-electron chi connectivity index (χ1n) is 11.0. The second-order valence-corrected chi connectivity index (χ2v) is 8.62. The smallest absolute Gasteiger partial charge is 0.253 e. The van der Waals surface area contributed by atoms with Crippen LogP contribution in [-0.2, 0) is 11.2 Å². The van der Waals surface area contributed by atoms with Gasteiger partial charge in [0, 0.05) is 37.8 Å². The number of nitrogens with zero attached hydrogens (tertiary/aromatic N) is 1. The van der Waals surface area contributed by atoms with Gasteiger partial charge in [0.2, 0.25) is 0 Å². The molecule has 30 heavy (non-hydrogen) atoms. The van der Waals surface area contributed by atoms with Crippen LogP contribution >= 0.6 is 0 Å². The Morgan fingerprint density at radius 3 is 2.60 bits per heavy atom. The van der Waals surface area contributed by atoms with E-state index in [-0.39, 0.29) is 18.1 Å². The fourth-order valence-corrected chi connectivity index (χ4v) is 4.61. The van der Waals surface area contributed by atoms with Gasteiger partial charge in [-0.2, -0.15) is 0 Å². The summed E-state index contributed by atoms with van der Waals surface area (Å²) >= 11 is 0. The van der Waals surface area contributed by atoms with Gasteiger partial charge in [-0.15, -0.1) is 0 Å². The average Bonchev–Trinajstić information content (AvgIpc) is 3.46. The highest BCUT2D eigenvalue weighted by molar-refractivity contribution is 5.94. The highest BCUT2D eigenvalue weighted by atomic mass is 16.5. The van der Waals surface area contributed by atoms with Gasteiger partial charge in [0.1, 0.15) is 0 Å². The van der Waals surface area contributed by atoms with Crippen molar-refractivity contribution in [1.82, 2.24) is 10.2 Å². The maximum Gasteiger partial charge on any atom is 0.253 e. The largest absolute Gasteiger partial charge is 0.387 e. The average molecular weight is 409 g/mol. The summed E-state index contributed by atoms with van der Waals surface area (Å²) in [5.41, 5.74) is 2.89. The standard InChI is InChI=1S/C25H32N2O3/c1-27(17-22-8-5-15-30-22)25(29)20-11-9-18(10-12-20)16-21-13-14-23(26-21)24(28)19-6-3-2-4-7-19/h2-4,6-7,9-12,21-24,26,28H,5,8,13-17H2,1H3/t21-,22?,23+,24+/m0/s1. The zero-order valence-electron chi connectivity index (χ0n) is 17.7. The van der Waals surface area contributed by atoms with Crippen LogP contribution in [0.15, 0.2) is 54.6 Å². The van der Waals surface area contributed by atoms with E-state index in [0.29, 0.717) is 12.6 Å². The Morgan fingerprint density at radius 1 is 1.13 bits per heavy atom. The molecule has 2 saturated heterocycles. The molecule has 5 heteroatoms. The van der Waals surface area contributed by atoms with E-state index in [1.54, 1.807) is 4.90 Å². The van der Waals surface area contributed by atoms with Crippen LogP contribution in [0.2, 0.25) is 0 Å². The SMILES string of the molecule is CN(CC1CCCO1)C(=O)c1ccc(C[C@@H]2CC[C@H]([C@H](O)c3ccccc3)N2)cc1. The number of likely N-dealkylation sites (N-methyl/N-ethyl adjacent to an activating group) is 1. The monoisotopic (exact) mass is 408 g/mol. The van der Waals surface area contributed by atoms with E-state index in [9.17, 15) is 9.90 Å². The highest BCUT2D eigenvalue weighted by Crippen LogP contribution is 2.26. The maximum atomic E-state index is 12.7. The number of aliphatic hydroxyl groups is 1. The minimum absolute atomic E-state index is 0.0436. The minimum atomic E-state index is -0.476. The van der Waals surface area contributed by atoms with Crippen molar-refractivity contribution in [2.75, 3.05) is 20.2 Å². The predicted molar refractivity (Wildman–Crippen MR) is 117 cm³/mol. The third kappa shape index (κ3) is 5.09. The fraction of sp³-hybridized carbons (Fsp3) is 0.480. The van der Waals surface area contributed by atoms with Crippen molar-refractivity contribution in [2.45, 2.75) is 56.4 Å².